The van der Waals surface area contributed by atoms with Gasteiger partial charge in [-0.25, -0.2) is 0 Å². The molecule has 3 heterocycles. The summed E-state index contributed by atoms with van der Waals surface area (Å²) in [7, 11) is -2.40. The standard InChI is InChI=1S/C15H17N4O3P/c1-5-12-13(9(2)21-18-12)14-17-15(22-19-14)10-6-11(8-16-7-10)23(3,4)20/h6-8H,5H2,1-4H3. The lowest BCUT2D eigenvalue weighted by atomic mass is 10.1. The minimum Gasteiger partial charge on any atom is -0.361 e. The molecule has 3 aromatic heterocycles. The molecule has 0 aliphatic rings. The van der Waals surface area contributed by atoms with Crippen LogP contribution in [0.5, 0.6) is 0 Å². The van der Waals surface area contributed by atoms with Gasteiger partial charge in [0.15, 0.2) is 0 Å². The Bertz CT molecular complexity index is 894. The molecule has 3 rings (SSSR count). The first-order chi connectivity index (χ1) is 10.9. The molecule has 120 valence electrons. The molecule has 7 nitrogen and oxygen atoms in total. The fraction of sp³-hybridized carbons (Fsp3) is 0.333. The maximum Gasteiger partial charge on any atom is 0.259 e. The van der Waals surface area contributed by atoms with E-state index >= 15 is 0 Å². The first kappa shape index (κ1) is 15.6. The Morgan fingerprint density at radius 3 is 2.65 bits per heavy atom. The molecular formula is C15H17N4O3P. The van der Waals surface area contributed by atoms with E-state index in [0.29, 0.717) is 34.8 Å². The normalized spacial score (nSPS) is 11.8. The van der Waals surface area contributed by atoms with Gasteiger partial charge in [0.05, 0.1) is 16.8 Å². The Hall–Kier alpha value is -2.27. The number of hydrogen-bond acceptors (Lipinski definition) is 7. The molecule has 0 bridgehead atoms. The smallest absolute Gasteiger partial charge is 0.259 e. The number of pyridine rings is 1. The third-order valence-electron chi connectivity index (χ3n) is 3.51. The van der Waals surface area contributed by atoms with Gasteiger partial charge in [-0.15, -0.1) is 0 Å². The first-order valence-corrected chi connectivity index (χ1v) is 9.80. The van der Waals surface area contributed by atoms with E-state index in [4.69, 9.17) is 9.05 Å². The highest BCUT2D eigenvalue weighted by atomic mass is 31.2. The van der Waals surface area contributed by atoms with Crippen LogP contribution in [-0.2, 0) is 11.0 Å². The second-order valence-electron chi connectivity index (χ2n) is 5.62. The number of aryl methyl sites for hydroxylation is 2. The van der Waals surface area contributed by atoms with Crippen LogP contribution in [0.2, 0.25) is 0 Å². The van der Waals surface area contributed by atoms with Crippen molar-refractivity contribution >= 4 is 12.4 Å². The zero-order valence-electron chi connectivity index (χ0n) is 13.4. The van der Waals surface area contributed by atoms with E-state index in [9.17, 15) is 4.57 Å². The molecule has 8 heteroatoms. The van der Waals surface area contributed by atoms with E-state index in [2.05, 4.69) is 20.3 Å². The molecule has 0 fully saturated rings. The molecule has 0 aliphatic heterocycles. The van der Waals surface area contributed by atoms with Crippen molar-refractivity contribution < 1.29 is 13.6 Å². The van der Waals surface area contributed by atoms with Crippen molar-refractivity contribution in [2.75, 3.05) is 13.3 Å². The SMILES string of the molecule is CCc1noc(C)c1-c1noc(-c2cncc(P(C)(C)=O)c2)n1. The summed E-state index contributed by atoms with van der Waals surface area (Å²) in [5.41, 5.74) is 2.17. The Labute approximate surface area is 133 Å². The molecular weight excluding hydrogens is 315 g/mol. The van der Waals surface area contributed by atoms with Crippen molar-refractivity contribution in [1.82, 2.24) is 20.3 Å². The molecule has 0 atom stereocenters. The van der Waals surface area contributed by atoms with E-state index in [1.807, 2.05) is 13.8 Å². The predicted molar refractivity (Wildman–Crippen MR) is 86.2 cm³/mol. The summed E-state index contributed by atoms with van der Waals surface area (Å²) >= 11 is 0. The van der Waals surface area contributed by atoms with Crippen LogP contribution in [0.3, 0.4) is 0 Å². The molecule has 0 aliphatic carbocycles. The third kappa shape index (κ3) is 2.97. The number of hydrogen-bond donors (Lipinski definition) is 0. The van der Waals surface area contributed by atoms with E-state index < -0.39 is 7.14 Å². The minimum absolute atomic E-state index is 0.324. The van der Waals surface area contributed by atoms with Crippen LogP contribution in [0.4, 0.5) is 0 Å². The average molecular weight is 332 g/mol. The van der Waals surface area contributed by atoms with Gasteiger partial charge < -0.3 is 13.6 Å². The van der Waals surface area contributed by atoms with Gasteiger partial charge in [-0.1, -0.05) is 17.2 Å². The van der Waals surface area contributed by atoms with Crippen LogP contribution in [-0.4, -0.2) is 33.6 Å². The van der Waals surface area contributed by atoms with Crippen molar-refractivity contribution in [3.05, 3.63) is 29.9 Å². The highest BCUT2D eigenvalue weighted by Crippen LogP contribution is 2.35. The third-order valence-corrected chi connectivity index (χ3v) is 5.00. The Morgan fingerprint density at radius 1 is 1.17 bits per heavy atom. The predicted octanol–water partition coefficient (Wildman–Crippen LogP) is 2.91. The lowest BCUT2D eigenvalue weighted by Gasteiger charge is -2.06. The quantitative estimate of drug-likeness (QED) is 0.678. The second kappa shape index (κ2) is 5.74. The van der Waals surface area contributed by atoms with Crippen molar-refractivity contribution in [2.45, 2.75) is 20.3 Å². The van der Waals surface area contributed by atoms with E-state index in [1.165, 1.54) is 0 Å². The van der Waals surface area contributed by atoms with Crippen LogP contribution in [0, 0.1) is 6.92 Å². The lowest BCUT2D eigenvalue weighted by Crippen LogP contribution is -2.04. The van der Waals surface area contributed by atoms with Gasteiger partial charge in [0.1, 0.15) is 12.9 Å². The molecule has 23 heavy (non-hydrogen) atoms. The average Bonchev–Trinajstić information content (AvgIpc) is 3.12. The zero-order chi connectivity index (χ0) is 16.6. The van der Waals surface area contributed by atoms with Gasteiger partial charge in [0, 0.05) is 17.7 Å². The molecule has 0 N–H and O–H groups in total. The number of nitrogens with zero attached hydrogens (tertiary/aromatic N) is 4. The summed E-state index contributed by atoms with van der Waals surface area (Å²) in [4.78, 5) is 8.53. The van der Waals surface area contributed by atoms with Crippen molar-refractivity contribution in [3.8, 4) is 22.8 Å². The number of aromatic nitrogens is 4. The summed E-state index contributed by atoms with van der Waals surface area (Å²) in [6, 6.07) is 1.77. The van der Waals surface area contributed by atoms with Gasteiger partial charge in [0.2, 0.25) is 5.82 Å². The fourth-order valence-corrected chi connectivity index (χ4v) is 3.02. The first-order valence-electron chi connectivity index (χ1n) is 7.20. The summed E-state index contributed by atoms with van der Waals surface area (Å²) in [5, 5.41) is 8.68. The summed E-state index contributed by atoms with van der Waals surface area (Å²) in [6.07, 6.45) is 3.92. The van der Waals surface area contributed by atoms with Gasteiger partial charge in [-0.3, -0.25) is 4.98 Å². The largest absolute Gasteiger partial charge is 0.361 e. The number of rotatable bonds is 4. The summed E-state index contributed by atoms with van der Waals surface area (Å²) in [5.74, 6) is 1.40. The van der Waals surface area contributed by atoms with Gasteiger partial charge in [0.25, 0.3) is 5.89 Å². The fourth-order valence-electron chi connectivity index (χ4n) is 2.23. The highest BCUT2D eigenvalue weighted by Gasteiger charge is 2.21. The molecule has 0 radical (unpaired) electrons. The molecule has 0 spiro atoms. The Morgan fingerprint density at radius 2 is 1.96 bits per heavy atom. The summed E-state index contributed by atoms with van der Waals surface area (Å²) < 4.78 is 22.7. The van der Waals surface area contributed by atoms with Gasteiger partial charge in [-0.05, 0) is 32.7 Å². The maximum atomic E-state index is 12.2. The van der Waals surface area contributed by atoms with E-state index in [0.717, 1.165) is 11.3 Å². The minimum atomic E-state index is -2.40. The molecule has 0 saturated carbocycles. The van der Waals surface area contributed by atoms with Gasteiger partial charge >= 0.3 is 0 Å². The molecule has 3 aromatic rings. The highest BCUT2D eigenvalue weighted by molar-refractivity contribution is 7.70. The van der Waals surface area contributed by atoms with Crippen molar-refractivity contribution in [3.63, 3.8) is 0 Å². The molecule has 0 amide bonds. The van der Waals surface area contributed by atoms with Crippen LogP contribution < -0.4 is 5.30 Å². The van der Waals surface area contributed by atoms with E-state index in [-0.39, 0.29) is 0 Å². The molecule has 0 unspecified atom stereocenters. The lowest BCUT2D eigenvalue weighted by molar-refractivity contribution is 0.391. The second-order valence-corrected chi connectivity index (χ2v) is 8.84. The molecule has 0 saturated heterocycles. The summed E-state index contributed by atoms with van der Waals surface area (Å²) in [6.45, 7) is 7.18. The topological polar surface area (TPSA) is 94.9 Å². The zero-order valence-corrected chi connectivity index (χ0v) is 14.3. The van der Waals surface area contributed by atoms with Crippen molar-refractivity contribution in [1.29, 1.82) is 0 Å². The maximum absolute atomic E-state index is 12.2. The Kier molecular flexibility index (Phi) is 3.90. The van der Waals surface area contributed by atoms with E-state index in [1.54, 1.807) is 31.8 Å². The van der Waals surface area contributed by atoms with Crippen LogP contribution in [0.15, 0.2) is 27.5 Å². The Balaban J connectivity index is 2.03. The van der Waals surface area contributed by atoms with Crippen LogP contribution in [0.25, 0.3) is 22.8 Å². The van der Waals surface area contributed by atoms with Gasteiger partial charge in [-0.2, -0.15) is 4.98 Å². The van der Waals surface area contributed by atoms with Crippen LogP contribution >= 0.6 is 7.14 Å². The van der Waals surface area contributed by atoms with Crippen LogP contribution in [0.1, 0.15) is 18.4 Å². The van der Waals surface area contributed by atoms with Crippen molar-refractivity contribution in [2.24, 2.45) is 0 Å². The monoisotopic (exact) mass is 332 g/mol. The molecule has 0 aromatic carbocycles.